The highest BCUT2D eigenvalue weighted by Crippen LogP contribution is 2.36. The van der Waals surface area contributed by atoms with Crippen molar-refractivity contribution >= 4 is 35.0 Å². The molecule has 1 heterocycles. The zero-order valence-corrected chi connectivity index (χ0v) is 12.0. The monoisotopic (exact) mass is 289 g/mol. The Morgan fingerprint density at radius 3 is 2.53 bits per heavy atom. The van der Waals surface area contributed by atoms with Crippen LogP contribution in [0.25, 0.3) is 0 Å². The number of hydrogen-bond donors (Lipinski definition) is 1. The van der Waals surface area contributed by atoms with Crippen LogP contribution in [0.2, 0.25) is 10.0 Å². The predicted molar refractivity (Wildman–Crippen MR) is 78.3 cm³/mol. The predicted octanol–water partition coefficient (Wildman–Crippen LogP) is 4.18. The van der Waals surface area contributed by atoms with E-state index in [1.165, 1.54) is 29.9 Å². The number of rotatable bonds is 3. The third-order valence-electron chi connectivity index (χ3n) is 3.46. The normalized spacial score (nSPS) is 19.2. The molecule has 1 unspecified atom stereocenters. The highest BCUT2D eigenvalue weighted by Gasteiger charge is 2.24. The van der Waals surface area contributed by atoms with Gasteiger partial charge in [0.1, 0.15) is 0 Å². The Morgan fingerprint density at radius 1 is 1.24 bits per heavy atom. The first-order valence-electron chi connectivity index (χ1n) is 5.95. The zero-order chi connectivity index (χ0) is 12.3. The summed E-state index contributed by atoms with van der Waals surface area (Å²) in [5, 5.41) is 1.25. The average molecular weight is 290 g/mol. The van der Waals surface area contributed by atoms with Gasteiger partial charge in [0.05, 0.1) is 10.0 Å². The van der Waals surface area contributed by atoms with E-state index < -0.39 is 0 Å². The van der Waals surface area contributed by atoms with Crippen molar-refractivity contribution < 1.29 is 0 Å². The Morgan fingerprint density at radius 2 is 1.94 bits per heavy atom. The van der Waals surface area contributed by atoms with E-state index in [9.17, 15) is 0 Å². The summed E-state index contributed by atoms with van der Waals surface area (Å²) in [5.74, 6) is 3.62. The summed E-state index contributed by atoms with van der Waals surface area (Å²) in [6, 6.07) is 5.91. The van der Waals surface area contributed by atoms with E-state index >= 15 is 0 Å². The highest BCUT2D eigenvalue weighted by molar-refractivity contribution is 7.99. The molecule has 1 aliphatic rings. The third-order valence-corrected chi connectivity index (χ3v) is 5.25. The molecular formula is C13H17Cl2NS. The van der Waals surface area contributed by atoms with Gasteiger partial charge in [0.15, 0.2) is 0 Å². The maximum atomic E-state index is 6.08. The zero-order valence-electron chi connectivity index (χ0n) is 9.66. The lowest BCUT2D eigenvalue weighted by Gasteiger charge is -2.29. The molecule has 1 aromatic carbocycles. The number of halogens is 2. The molecular weight excluding hydrogens is 273 g/mol. The first kappa shape index (κ1) is 13.5. The minimum atomic E-state index is 0.422. The van der Waals surface area contributed by atoms with E-state index in [0.717, 1.165) is 0 Å². The van der Waals surface area contributed by atoms with Gasteiger partial charge in [-0.2, -0.15) is 11.8 Å². The fourth-order valence-corrected chi connectivity index (χ4v) is 3.91. The molecule has 0 bridgehead atoms. The highest BCUT2D eigenvalue weighted by atomic mass is 35.5. The summed E-state index contributed by atoms with van der Waals surface area (Å²) in [4.78, 5) is 0. The van der Waals surface area contributed by atoms with Crippen LogP contribution in [0.5, 0.6) is 0 Å². The molecule has 2 N–H and O–H groups in total. The molecule has 1 atom stereocenters. The van der Waals surface area contributed by atoms with Crippen LogP contribution in [0.3, 0.4) is 0 Å². The van der Waals surface area contributed by atoms with Crippen molar-refractivity contribution in [2.75, 3.05) is 18.1 Å². The van der Waals surface area contributed by atoms with Crippen molar-refractivity contribution in [3.63, 3.8) is 0 Å². The lowest BCUT2D eigenvalue weighted by molar-refractivity contribution is 0.401. The van der Waals surface area contributed by atoms with Crippen LogP contribution in [0, 0.1) is 5.92 Å². The van der Waals surface area contributed by atoms with Gasteiger partial charge < -0.3 is 5.73 Å². The molecule has 94 valence electrons. The molecule has 4 heteroatoms. The SMILES string of the molecule is NCC(c1ccc(Cl)c(Cl)c1)C1CCSCC1. The maximum Gasteiger partial charge on any atom is 0.0595 e. The summed E-state index contributed by atoms with van der Waals surface area (Å²) in [7, 11) is 0. The van der Waals surface area contributed by atoms with Gasteiger partial charge in [-0.1, -0.05) is 29.3 Å². The van der Waals surface area contributed by atoms with Gasteiger partial charge in [0, 0.05) is 0 Å². The van der Waals surface area contributed by atoms with E-state index in [2.05, 4.69) is 6.07 Å². The molecule has 0 amide bonds. The Labute approximate surface area is 117 Å². The van der Waals surface area contributed by atoms with Crippen molar-refractivity contribution in [3.05, 3.63) is 33.8 Å². The smallest absolute Gasteiger partial charge is 0.0595 e. The molecule has 0 spiro atoms. The molecule has 0 radical (unpaired) electrons. The summed E-state index contributed by atoms with van der Waals surface area (Å²) >= 11 is 14.1. The van der Waals surface area contributed by atoms with E-state index in [1.54, 1.807) is 0 Å². The second kappa shape index (κ2) is 6.33. The van der Waals surface area contributed by atoms with Gasteiger partial charge in [-0.15, -0.1) is 0 Å². The quantitative estimate of drug-likeness (QED) is 0.903. The molecule has 0 saturated carbocycles. The fraction of sp³-hybridized carbons (Fsp3) is 0.538. The van der Waals surface area contributed by atoms with Crippen LogP contribution in [0.4, 0.5) is 0 Å². The molecule has 0 aliphatic carbocycles. The van der Waals surface area contributed by atoms with Crippen LogP contribution in [-0.2, 0) is 0 Å². The molecule has 1 fully saturated rings. The standard InChI is InChI=1S/C13H17Cl2NS/c14-12-2-1-10(7-13(12)15)11(8-16)9-3-5-17-6-4-9/h1-2,7,9,11H,3-6,8,16H2. The molecule has 1 aliphatic heterocycles. The molecule has 17 heavy (non-hydrogen) atoms. The van der Waals surface area contributed by atoms with Gasteiger partial charge in [0.25, 0.3) is 0 Å². The minimum absolute atomic E-state index is 0.422. The van der Waals surface area contributed by atoms with Crippen molar-refractivity contribution in [2.45, 2.75) is 18.8 Å². The van der Waals surface area contributed by atoms with Crippen molar-refractivity contribution in [3.8, 4) is 0 Å². The number of thioether (sulfide) groups is 1. The summed E-state index contributed by atoms with van der Waals surface area (Å²) in [6.45, 7) is 0.688. The van der Waals surface area contributed by atoms with E-state index in [1.807, 2.05) is 23.9 Å². The van der Waals surface area contributed by atoms with Crippen molar-refractivity contribution in [1.29, 1.82) is 0 Å². The topological polar surface area (TPSA) is 26.0 Å². The maximum absolute atomic E-state index is 6.08. The molecule has 1 aromatic rings. The summed E-state index contributed by atoms with van der Waals surface area (Å²) in [5.41, 5.74) is 7.18. The largest absolute Gasteiger partial charge is 0.330 e. The van der Waals surface area contributed by atoms with Gasteiger partial charge in [-0.3, -0.25) is 0 Å². The number of hydrogen-bond acceptors (Lipinski definition) is 2. The first-order chi connectivity index (χ1) is 8.22. The Balaban J connectivity index is 2.18. The van der Waals surface area contributed by atoms with E-state index in [-0.39, 0.29) is 0 Å². The fourth-order valence-electron chi connectivity index (χ4n) is 2.46. The Kier molecular flexibility index (Phi) is 5.04. The minimum Gasteiger partial charge on any atom is -0.330 e. The second-order valence-electron chi connectivity index (χ2n) is 4.47. The summed E-state index contributed by atoms with van der Waals surface area (Å²) < 4.78 is 0. The van der Waals surface area contributed by atoms with Crippen LogP contribution >= 0.6 is 35.0 Å². The van der Waals surface area contributed by atoms with Gasteiger partial charge in [-0.25, -0.2) is 0 Å². The van der Waals surface area contributed by atoms with Crippen molar-refractivity contribution in [1.82, 2.24) is 0 Å². The molecule has 0 aromatic heterocycles. The van der Waals surface area contributed by atoms with E-state index in [4.69, 9.17) is 28.9 Å². The molecule has 2 rings (SSSR count). The lowest BCUT2D eigenvalue weighted by atomic mass is 9.82. The van der Waals surface area contributed by atoms with Crippen molar-refractivity contribution in [2.24, 2.45) is 11.7 Å². The van der Waals surface area contributed by atoms with Gasteiger partial charge in [-0.05, 0) is 60.4 Å². The van der Waals surface area contributed by atoms with Crippen LogP contribution in [0.1, 0.15) is 24.3 Å². The van der Waals surface area contributed by atoms with Gasteiger partial charge >= 0.3 is 0 Å². The van der Waals surface area contributed by atoms with Crippen LogP contribution in [0.15, 0.2) is 18.2 Å². The number of benzene rings is 1. The average Bonchev–Trinajstić information content (AvgIpc) is 2.36. The van der Waals surface area contributed by atoms with Crippen LogP contribution < -0.4 is 5.73 Å². The van der Waals surface area contributed by atoms with E-state index in [0.29, 0.717) is 28.4 Å². The Hall–Kier alpha value is 0.110. The number of nitrogens with two attached hydrogens (primary N) is 1. The molecule has 1 saturated heterocycles. The van der Waals surface area contributed by atoms with Gasteiger partial charge in [0.2, 0.25) is 0 Å². The first-order valence-corrected chi connectivity index (χ1v) is 7.86. The lowest BCUT2D eigenvalue weighted by Crippen LogP contribution is -2.24. The molecule has 1 nitrogen and oxygen atoms in total. The third kappa shape index (κ3) is 3.31. The van der Waals surface area contributed by atoms with Crippen LogP contribution in [-0.4, -0.2) is 18.1 Å². The second-order valence-corrected chi connectivity index (χ2v) is 6.50. The Bertz CT molecular complexity index is 378. The summed E-state index contributed by atoms with van der Waals surface area (Å²) in [6.07, 6.45) is 2.51.